The normalized spacial score (nSPS) is 10.7. The lowest BCUT2D eigenvalue weighted by Gasteiger charge is -2.01. The number of phenolic OH excluding ortho intramolecular Hbond substituents is 1. The molecule has 0 aliphatic heterocycles. The average Bonchev–Trinajstić information content (AvgIpc) is 2.40. The first-order valence-electron chi connectivity index (χ1n) is 5.43. The van der Waals surface area contributed by atoms with E-state index in [0.717, 1.165) is 10.0 Å². The third-order valence-electron chi connectivity index (χ3n) is 2.45. The van der Waals surface area contributed by atoms with Crippen LogP contribution in [0, 0.1) is 0 Å². The zero-order chi connectivity index (χ0) is 13.0. The van der Waals surface area contributed by atoms with Gasteiger partial charge in [-0.15, -0.1) is 0 Å². The number of carbonyl (C=O) groups is 1. The van der Waals surface area contributed by atoms with Gasteiger partial charge < -0.3 is 5.11 Å². The van der Waals surface area contributed by atoms with Crippen molar-refractivity contribution in [3.63, 3.8) is 0 Å². The van der Waals surface area contributed by atoms with Gasteiger partial charge in [0.2, 0.25) is 0 Å². The number of hydrogen-bond donors (Lipinski definition) is 1. The molecular weight excluding hydrogens is 292 g/mol. The van der Waals surface area contributed by atoms with E-state index in [1.807, 2.05) is 30.3 Å². The van der Waals surface area contributed by atoms with Crippen molar-refractivity contribution in [2.75, 3.05) is 0 Å². The maximum atomic E-state index is 11.9. The Balaban J connectivity index is 2.22. The molecule has 1 N–H and O–H groups in total. The molecule has 2 aromatic carbocycles. The van der Waals surface area contributed by atoms with Crippen LogP contribution in [0.15, 0.2) is 59.1 Å². The minimum Gasteiger partial charge on any atom is -0.507 e. The first kappa shape index (κ1) is 12.6. The maximum absolute atomic E-state index is 11.9. The lowest BCUT2D eigenvalue weighted by atomic mass is 10.1. The highest BCUT2D eigenvalue weighted by atomic mass is 79.9. The smallest absolute Gasteiger partial charge is 0.189 e. The second kappa shape index (κ2) is 5.65. The Morgan fingerprint density at radius 3 is 2.56 bits per heavy atom. The van der Waals surface area contributed by atoms with E-state index >= 15 is 0 Å². The number of ketones is 1. The molecule has 2 rings (SSSR count). The van der Waals surface area contributed by atoms with Crippen LogP contribution in [0.3, 0.4) is 0 Å². The van der Waals surface area contributed by atoms with Gasteiger partial charge in [-0.2, -0.15) is 0 Å². The summed E-state index contributed by atoms with van der Waals surface area (Å²) in [5, 5.41) is 9.63. The summed E-state index contributed by atoms with van der Waals surface area (Å²) >= 11 is 3.27. The van der Waals surface area contributed by atoms with Crippen LogP contribution in [-0.2, 0) is 0 Å². The molecule has 0 aliphatic rings. The van der Waals surface area contributed by atoms with Gasteiger partial charge in [-0.1, -0.05) is 52.3 Å². The molecule has 0 heterocycles. The summed E-state index contributed by atoms with van der Waals surface area (Å²) in [6.45, 7) is 0. The summed E-state index contributed by atoms with van der Waals surface area (Å²) in [6.07, 6.45) is 3.18. The SMILES string of the molecule is O=C(/C=C\c1ccccc1)c1cc(Br)ccc1O. The molecule has 3 heteroatoms. The molecule has 18 heavy (non-hydrogen) atoms. The summed E-state index contributed by atoms with van der Waals surface area (Å²) < 4.78 is 0.761. The zero-order valence-corrected chi connectivity index (χ0v) is 11.1. The van der Waals surface area contributed by atoms with Gasteiger partial charge in [0, 0.05) is 4.47 Å². The molecule has 0 bridgehead atoms. The van der Waals surface area contributed by atoms with Gasteiger partial charge >= 0.3 is 0 Å². The zero-order valence-electron chi connectivity index (χ0n) is 9.51. The van der Waals surface area contributed by atoms with Crippen LogP contribution in [0.25, 0.3) is 6.08 Å². The molecule has 0 radical (unpaired) electrons. The number of allylic oxidation sites excluding steroid dienone is 1. The molecule has 0 unspecified atom stereocenters. The van der Waals surface area contributed by atoms with Crippen molar-refractivity contribution in [2.45, 2.75) is 0 Å². The predicted octanol–water partition coefficient (Wildman–Crippen LogP) is 4.05. The lowest BCUT2D eigenvalue weighted by Crippen LogP contribution is -1.94. The van der Waals surface area contributed by atoms with Crippen molar-refractivity contribution in [1.82, 2.24) is 0 Å². The van der Waals surface area contributed by atoms with E-state index < -0.39 is 0 Å². The Labute approximate surface area is 114 Å². The van der Waals surface area contributed by atoms with Gasteiger partial charge in [-0.25, -0.2) is 0 Å². The maximum Gasteiger partial charge on any atom is 0.189 e. The summed E-state index contributed by atoms with van der Waals surface area (Å²) in [5.74, 6) is -0.237. The van der Waals surface area contributed by atoms with Crippen molar-refractivity contribution < 1.29 is 9.90 Å². The Hall–Kier alpha value is -1.87. The first-order valence-corrected chi connectivity index (χ1v) is 6.22. The lowest BCUT2D eigenvalue weighted by molar-refractivity contribution is 0.104. The van der Waals surface area contributed by atoms with E-state index in [9.17, 15) is 9.90 Å². The van der Waals surface area contributed by atoms with Gasteiger partial charge in [0.05, 0.1) is 5.56 Å². The molecule has 0 amide bonds. The molecule has 0 saturated heterocycles. The summed E-state index contributed by atoms with van der Waals surface area (Å²) in [6, 6.07) is 14.3. The van der Waals surface area contributed by atoms with Gasteiger partial charge in [-0.05, 0) is 29.8 Å². The number of aromatic hydroxyl groups is 1. The van der Waals surface area contributed by atoms with Crippen molar-refractivity contribution in [2.24, 2.45) is 0 Å². The third-order valence-corrected chi connectivity index (χ3v) is 2.94. The Morgan fingerprint density at radius 1 is 1.11 bits per heavy atom. The van der Waals surface area contributed by atoms with Crippen molar-refractivity contribution in [1.29, 1.82) is 0 Å². The second-order valence-corrected chi connectivity index (χ2v) is 4.69. The van der Waals surface area contributed by atoms with Crippen LogP contribution in [-0.4, -0.2) is 10.9 Å². The molecule has 2 aromatic rings. The van der Waals surface area contributed by atoms with Crippen LogP contribution in [0.5, 0.6) is 5.75 Å². The fraction of sp³-hybridized carbons (Fsp3) is 0. The van der Waals surface area contributed by atoms with E-state index in [2.05, 4.69) is 15.9 Å². The highest BCUT2D eigenvalue weighted by Crippen LogP contribution is 2.22. The molecule has 0 spiro atoms. The van der Waals surface area contributed by atoms with E-state index in [1.165, 1.54) is 12.1 Å². The second-order valence-electron chi connectivity index (χ2n) is 3.77. The molecule has 0 aliphatic carbocycles. The summed E-state index contributed by atoms with van der Waals surface area (Å²) in [7, 11) is 0. The minimum atomic E-state index is -0.224. The Morgan fingerprint density at radius 2 is 1.83 bits per heavy atom. The topological polar surface area (TPSA) is 37.3 Å². The molecule has 0 atom stereocenters. The molecular formula is C15H11BrO2. The van der Waals surface area contributed by atoms with Gasteiger partial charge in [0.1, 0.15) is 5.75 Å². The van der Waals surface area contributed by atoms with Gasteiger partial charge in [-0.3, -0.25) is 4.79 Å². The predicted molar refractivity (Wildman–Crippen MR) is 75.6 cm³/mol. The van der Waals surface area contributed by atoms with Crippen LogP contribution >= 0.6 is 15.9 Å². The van der Waals surface area contributed by atoms with Crippen molar-refractivity contribution >= 4 is 27.8 Å². The van der Waals surface area contributed by atoms with Gasteiger partial charge in [0.25, 0.3) is 0 Å². The fourth-order valence-electron chi connectivity index (χ4n) is 1.53. The fourth-order valence-corrected chi connectivity index (χ4v) is 1.89. The van der Waals surface area contributed by atoms with E-state index in [4.69, 9.17) is 0 Å². The van der Waals surface area contributed by atoms with Crippen LogP contribution in [0.2, 0.25) is 0 Å². The molecule has 0 aromatic heterocycles. The molecule has 0 saturated carbocycles. The largest absolute Gasteiger partial charge is 0.507 e. The monoisotopic (exact) mass is 302 g/mol. The number of benzene rings is 2. The standard InChI is InChI=1S/C15H11BrO2/c16-12-7-9-15(18)13(10-12)14(17)8-6-11-4-2-1-3-5-11/h1-10,18H/b8-6-. The first-order chi connectivity index (χ1) is 8.66. The Kier molecular flexibility index (Phi) is 3.95. The van der Waals surface area contributed by atoms with E-state index in [-0.39, 0.29) is 17.1 Å². The Bertz CT molecular complexity index is 589. The molecule has 2 nitrogen and oxygen atoms in total. The minimum absolute atomic E-state index is 0.0130. The number of rotatable bonds is 3. The third kappa shape index (κ3) is 3.08. The number of carbonyl (C=O) groups excluding carboxylic acids is 1. The van der Waals surface area contributed by atoms with Gasteiger partial charge in [0.15, 0.2) is 5.78 Å². The van der Waals surface area contributed by atoms with Crippen LogP contribution in [0.4, 0.5) is 0 Å². The van der Waals surface area contributed by atoms with Crippen molar-refractivity contribution in [3.8, 4) is 5.75 Å². The highest BCUT2D eigenvalue weighted by molar-refractivity contribution is 9.10. The average molecular weight is 303 g/mol. The summed E-state index contributed by atoms with van der Waals surface area (Å²) in [4.78, 5) is 11.9. The highest BCUT2D eigenvalue weighted by Gasteiger charge is 2.08. The van der Waals surface area contributed by atoms with Crippen LogP contribution < -0.4 is 0 Å². The quantitative estimate of drug-likeness (QED) is 0.686. The molecule has 90 valence electrons. The van der Waals surface area contributed by atoms with Crippen LogP contribution in [0.1, 0.15) is 15.9 Å². The number of phenols is 1. The number of halogens is 1. The van der Waals surface area contributed by atoms with Crippen molar-refractivity contribution in [3.05, 3.63) is 70.2 Å². The summed E-state index contributed by atoms with van der Waals surface area (Å²) in [5.41, 5.74) is 1.23. The van der Waals surface area contributed by atoms with E-state index in [0.29, 0.717) is 0 Å². The molecule has 0 fully saturated rings. The van der Waals surface area contributed by atoms with E-state index in [1.54, 1.807) is 18.2 Å². The number of hydrogen-bond acceptors (Lipinski definition) is 2.